The predicted molar refractivity (Wildman–Crippen MR) is 38.5 cm³/mol. The molecule has 56 valence electrons. The maximum atomic E-state index is 11.0. The molecule has 0 amide bonds. The molecule has 0 aromatic carbocycles. The number of carbonyl (C=O) groups excluding carboxylic acids is 1. The Morgan fingerprint density at radius 2 is 2.20 bits per heavy atom. The molecule has 0 aromatic rings. The van der Waals surface area contributed by atoms with Crippen LogP contribution in [0.15, 0.2) is 12.2 Å². The van der Waals surface area contributed by atoms with Crippen LogP contribution in [0.3, 0.4) is 0 Å². The second kappa shape index (κ2) is 2.11. The number of ether oxygens (including phenoxy) is 1. The van der Waals surface area contributed by atoms with Crippen molar-refractivity contribution >= 4 is 5.97 Å². The molecular weight excluding hydrogens is 128 g/mol. The Balaban J connectivity index is 2.56. The van der Waals surface area contributed by atoms with Crippen LogP contribution in [0.4, 0.5) is 0 Å². The Hall–Kier alpha value is -0.790. The van der Waals surface area contributed by atoms with Crippen molar-refractivity contribution < 1.29 is 9.53 Å². The summed E-state index contributed by atoms with van der Waals surface area (Å²) in [5.74, 6) is -0.111. The highest BCUT2D eigenvalue weighted by Crippen LogP contribution is 2.44. The van der Waals surface area contributed by atoms with Crippen molar-refractivity contribution in [1.29, 1.82) is 0 Å². The predicted octanol–water partition coefficient (Wildman–Crippen LogP) is 1.52. The molecule has 0 spiro atoms. The highest BCUT2D eigenvalue weighted by molar-refractivity contribution is 5.78. The van der Waals surface area contributed by atoms with Gasteiger partial charge in [0.25, 0.3) is 0 Å². The topological polar surface area (TPSA) is 26.3 Å². The molecule has 0 atom stereocenters. The molecule has 1 saturated carbocycles. The van der Waals surface area contributed by atoms with Gasteiger partial charge < -0.3 is 4.74 Å². The molecule has 2 heteroatoms. The van der Waals surface area contributed by atoms with Crippen molar-refractivity contribution in [1.82, 2.24) is 0 Å². The first-order chi connectivity index (χ1) is 4.58. The van der Waals surface area contributed by atoms with Crippen LogP contribution < -0.4 is 0 Å². The van der Waals surface area contributed by atoms with Crippen molar-refractivity contribution in [3.8, 4) is 0 Å². The summed E-state index contributed by atoms with van der Waals surface area (Å²) >= 11 is 0. The fourth-order valence-corrected chi connectivity index (χ4v) is 1.44. The van der Waals surface area contributed by atoms with Crippen molar-refractivity contribution in [2.24, 2.45) is 5.41 Å². The largest absolute Gasteiger partial charge is 0.469 e. The van der Waals surface area contributed by atoms with Crippen molar-refractivity contribution in [2.75, 3.05) is 7.11 Å². The first-order valence-corrected chi connectivity index (χ1v) is 3.33. The number of methoxy groups -OCH3 is 1. The molecule has 1 rings (SSSR count). The third-order valence-electron chi connectivity index (χ3n) is 1.96. The first-order valence-electron chi connectivity index (χ1n) is 3.33. The van der Waals surface area contributed by atoms with Crippen molar-refractivity contribution in [3.05, 3.63) is 12.2 Å². The second-order valence-electron chi connectivity index (χ2n) is 3.16. The van der Waals surface area contributed by atoms with E-state index < -0.39 is 0 Å². The summed E-state index contributed by atoms with van der Waals surface area (Å²) in [5.41, 5.74) is 0.888. The Labute approximate surface area is 60.9 Å². The minimum atomic E-state index is -0.258. The van der Waals surface area contributed by atoms with Gasteiger partial charge in [-0.15, -0.1) is 0 Å². The number of allylic oxidation sites excluding steroid dienone is 1. The molecule has 0 radical (unpaired) electrons. The minimum absolute atomic E-state index is 0.111. The third kappa shape index (κ3) is 0.939. The Bertz CT molecular complexity index is 174. The number of carbonyl (C=O) groups is 1. The molecule has 1 aliphatic rings. The zero-order valence-corrected chi connectivity index (χ0v) is 6.44. The van der Waals surface area contributed by atoms with Gasteiger partial charge in [0, 0.05) is 0 Å². The van der Waals surface area contributed by atoms with Gasteiger partial charge in [0.1, 0.15) is 0 Å². The van der Waals surface area contributed by atoms with E-state index in [0.717, 1.165) is 18.4 Å². The molecule has 0 aliphatic heterocycles. The summed E-state index contributed by atoms with van der Waals surface area (Å²) in [6, 6.07) is 0. The molecule has 0 aromatic heterocycles. The summed E-state index contributed by atoms with van der Waals surface area (Å²) in [7, 11) is 1.43. The van der Waals surface area contributed by atoms with Crippen LogP contribution >= 0.6 is 0 Å². The van der Waals surface area contributed by atoms with E-state index in [1.54, 1.807) is 0 Å². The summed E-state index contributed by atoms with van der Waals surface area (Å²) in [6.45, 7) is 5.68. The maximum Gasteiger partial charge on any atom is 0.312 e. The molecule has 10 heavy (non-hydrogen) atoms. The summed E-state index contributed by atoms with van der Waals surface area (Å²) in [5, 5.41) is 0. The molecular formula is C8H12O2. The molecule has 1 aliphatic carbocycles. The van der Waals surface area contributed by atoms with E-state index in [4.69, 9.17) is 0 Å². The van der Waals surface area contributed by atoms with E-state index in [-0.39, 0.29) is 11.4 Å². The van der Waals surface area contributed by atoms with Gasteiger partial charge in [0.2, 0.25) is 0 Å². The van der Waals surface area contributed by atoms with E-state index >= 15 is 0 Å². The third-order valence-corrected chi connectivity index (χ3v) is 1.96. The lowest BCUT2D eigenvalue weighted by Crippen LogP contribution is -2.37. The normalized spacial score (nSPS) is 21.6. The lowest BCUT2D eigenvalue weighted by Gasteiger charge is -2.37. The highest BCUT2D eigenvalue weighted by atomic mass is 16.5. The number of hydrogen-bond acceptors (Lipinski definition) is 2. The zero-order valence-electron chi connectivity index (χ0n) is 6.44. The van der Waals surface area contributed by atoms with Gasteiger partial charge in [-0.25, -0.2) is 0 Å². The average Bonchev–Trinajstić information content (AvgIpc) is 1.83. The summed E-state index contributed by atoms with van der Waals surface area (Å²) < 4.78 is 4.63. The quantitative estimate of drug-likeness (QED) is 0.407. The van der Waals surface area contributed by atoms with Crippen LogP contribution in [0.1, 0.15) is 19.8 Å². The number of rotatable bonds is 1. The SMILES string of the molecule is C=C1CC(C)(C(=O)OC)C1. The monoisotopic (exact) mass is 140 g/mol. The molecule has 0 N–H and O–H groups in total. The van der Waals surface area contributed by atoms with Crippen molar-refractivity contribution in [2.45, 2.75) is 19.8 Å². The molecule has 0 saturated heterocycles. The lowest BCUT2D eigenvalue weighted by atomic mass is 9.67. The van der Waals surface area contributed by atoms with Crippen molar-refractivity contribution in [3.63, 3.8) is 0 Å². The Morgan fingerprint density at radius 3 is 2.50 bits per heavy atom. The zero-order chi connectivity index (χ0) is 7.78. The van der Waals surface area contributed by atoms with Crippen LogP contribution in [0.25, 0.3) is 0 Å². The van der Waals surface area contributed by atoms with E-state index in [9.17, 15) is 4.79 Å². The molecule has 1 fully saturated rings. The highest BCUT2D eigenvalue weighted by Gasteiger charge is 2.42. The Morgan fingerprint density at radius 1 is 1.70 bits per heavy atom. The second-order valence-corrected chi connectivity index (χ2v) is 3.16. The van der Waals surface area contributed by atoms with Gasteiger partial charge in [-0.05, 0) is 19.8 Å². The Kier molecular flexibility index (Phi) is 1.55. The molecule has 2 nitrogen and oxygen atoms in total. The smallest absolute Gasteiger partial charge is 0.312 e. The minimum Gasteiger partial charge on any atom is -0.469 e. The lowest BCUT2D eigenvalue weighted by molar-refractivity contribution is -0.154. The van der Waals surface area contributed by atoms with E-state index in [2.05, 4.69) is 11.3 Å². The fraction of sp³-hybridized carbons (Fsp3) is 0.625. The van der Waals surface area contributed by atoms with E-state index in [1.807, 2.05) is 6.92 Å². The van der Waals surface area contributed by atoms with Crippen LogP contribution in [-0.4, -0.2) is 13.1 Å². The number of hydrogen-bond donors (Lipinski definition) is 0. The van der Waals surface area contributed by atoms with Gasteiger partial charge in [-0.1, -0.05) is 12.2 Å². The maximum absolute atomic E-state index is 11.0. The van der Waals surface area contributed by atoms with Gasteiger partial charge in [0.15, 0.2) is 0 Å². The first kappa shape index (κ1) is 7.32. The fourth-order valence-electron chi connectivity index (χ4n) is 1.44. The standard InChI is InChI=1S/C8H12O2/c1-6-4-8(2,5-6)7(9)10-3/h1,4-5H2,2-3H3. The van der Waals surface area contributed by atoms with E-state index in [0.29, 0.717) is 0 Å². The van der Waals surface area contributed by atoms with Crippen LogP contribution in [0, 0.1) is 5.41 Å². The van der Waals surface area contributed by atoms with Crippen LogP contribution in [0.5, 0.6) is 0 Å². The number of esters is 1. The molecule has 0 unspecified atom stereocenters. The molecule has 0 heterocycles. The van der Waals surface area contributed by atoms with Crippen LogP contribution in [0.2, 0.25) is 0 Å². The average molecular weight is 140 g/mol. The van der Waals surface area contributed by atoms with Crippen LogP contribution in [-0.2, 0) is 9.53 Å². The molecule has 0 bridgehead atoms. The van der Waals surface area contributed by atoms with Gasteiger partial charge in [-0.3, -0.25) is 4.79 Å². The van der Waals surface area contributed by atoms with E-state index in [1.165, 1.54) is 7.11 Å². The van der Waals surface area contributed by atoms with Gasteiger partial charge in [0.05, 0.1) is 12.5 Å². The van der Waals surface area contributed by atoms with Gasteiger partial charge >= 0.3 is 5.97 Å². The summed E-state index contributed by atoms with van der Waals surface area (Å²) in [6.07, 6.45) is 1.58. The summed E-state index contributed by atoms with van der Waals surface area (Å²) in [4.78, 5) is 11.0. The van der Waals surface area contributed by atoms with Gasteiger partial charge in [-0.2, -0.15) is 0 Å².